The highest BCUT2D eigenvalue weighted by Gasteiger charge is 2.25. The van der Waals surface area contributed by atoms with Crippen LogP contribution in [0.4, 0.5) is 4.79 Å². The van der Waals surface area contributed by atoms with Gasteiger partial charge in [-0.05, 0) is 45.2 Å². The van der Waals surface area contributed by atoms with Gasteiger partial charge in [-0.25, -0.2) is 14.4 Å². The van der Waals surface area contributed by atoms with Crippen LogP contribution in [0.1, 0.15) is 46.6 Å². The smallest absolute Gasteiger partial charge is 0.408 e. The predicted molar refractivity (Wildman–Crippen MR) is 106 cm³/mol. The summed E-state index contributed by atoms with van der Waals surface area (Å²) in [6, 6.07) is 3.47. The van der Waals surface area contributed by atoms with Crippen molar-refractivity contribution in [3.05, 3.63) is 39.2 Å². The summed E-state index contributed by atoms with van der Waals surface area (Å²) in [6.45, 7) is 8.79. The maximum atomic E-state index is 12.5. The average molecular weight is 410 g/mol. The van der Waals surface area contributed by atoms with E-state index >= 15 is 0 Å². The standard InChI is InChI=1S/C20H24ClNO6/c1-6-11-8-17(23)26-15-10-16(13(21)9-12(11)15)27-18(24)14(7-2)22-19(25)28-20(3,4)5/h8-10,14H,6-7H2,1-5H3,(H,22,25)/t14-/m1/s1. The first-order valence-corrected chi connectivity index (χ1v) is 9.39. The molecule has 2 rings (SSSR count). The lowest BCUT2D eigenvalue weighted by atomic mass is 10.1. The van der Waals surface area contributed by atoms with E-state index < -0.39 is 29.3 Å². The Labute approximate surface area is 167 Å². The number of benzene rings is 1. The van der Waals surface area contributed by atoms with Crippen molar-refractivity contribution in [1.82, 2.24) is 5.32 Å². The van der Waals surface area contributed by atoms with Crippen molar-refractivity contribution in [1.29, 1.82) is 0 Å². The summed E-state index contributed by atoms with van der Waals surface area (Å²) in [5.74, 6) is -0.663. The fraction of sp³-hybridized carbons (Fsp3) is 0.450. The molecule has 8 heteroatoms. The van der Waals surface area contributed by atoms with Gasteiger partial charge in [0.05, 0.1) is 5.02 Å². The van der Waals surface area contributed by atoms with Gasteiger partial charge in [0.15, 0.2) is 5.75 Å². The van der Waals surface area contributed by atoms with Crippen molar-refractivity contribution in [3.63, 3.8) is 0 Å². The van der Waals surface area contributed by atoms with Crippen molar-refractivity contribution in [2.24, 2.45) is 0 Å². The van der Waals surface area contributed by atoms with E-state index in [2.05, 4.69) is 5.32 Å². The normalized spacial score (nSPS) is 12.5. The van der Waals surface area contributed by atoms with E-state index in [0.29, 0.717) is 18.2 Å². The number of carbonyl (C=O) groups excluding carboxylic acids is 2. The van der Waals surface area contributed by atoms with E-state index in [1.165, 1.54) is 12.1 Å². The number of aryl methyl sites for hydroxylation is 1. The van der Waals surface area contributed by atoms with E-state index in [4.69, 9.17) is 25.5 Å². The molecule has 28 heavy (non-hydrogen) atoms. The Morgan fingerprint density at radius 2 is 1.89 bits per heavy atom. The second kappa shape index (κ2) is 8.65. The average Bonchev–Trinajstić information content (AvgIpc) is 2.58. The van der Waals surface area contributed by atoms with Gasteiger partial charge in [-0.1, -0.05) is 25.4 Å². The summed E-state index contributed by atoms with van der Waals surface area (Å²) >= 11 is 6.25. The number of hydrogen-bond acceptors (Lipinski definition) is 6. The Hall–Kier alpha value is -2.54. The quantitative estimate of drug-likeness (QED) is 0.451. The van der Waals surface area contributed by atoms with Crippen molar-refractivity contribution in [2.45, 2.75) is 59.1 Å². The SMILES string of the molecule is CCc1cc(=O)oc2cc(OC(=O)[C@@H](CC)NC(=O)OC(C)(C)C)c(Cl)cc12. The Bertz CT molecular complexity index is 944. The lowest BCUT2D eigenvalue weighted by molar-refractivity contribution is -0.136. The number of ether oxygens (including phenoxy) is 2. The fourth-order valence-corrected chi connectivity index (χ4v) is 2.76. The molecule has 0 spiro atoms. The molecule has 0 aliphatic carbocycles. The molecule has 0 saturated carbocycles. The summed E-state index contributed by atoms with van der Waals surface area (Å²) in [5.41, 5.74) is -0.140. The lowest BCUT2D eigenvalue weighted by Gasteiger charge is -2.22. The number of amides is 1. The third-order valence-electron chi connectivity index (χ3n) is 3.86. The van der Waals surface area contributed by atoms with Crippen LogP contribution in [-0.2, 0) is 16.0 Å². The van der Waals surface area contributed by atoms with Crippen LogP contribution >= 0.6 is 11.6 Å². The minimum absolute atomic E-state index is 0.0417. The van der Waals surface area contributed by atoms with Gasteiger partial charge in [0.2, 0.25) is 0 Å². The largest absolute Gasteiger partial charge is 0.444 e. The lowest BCUT2D eigenvalue weighted by Crippen LogP contribution is -2.44. The van der Waals surface area contributed by atoms with Crippen LogP contribution in [0.15, 0.2) is 27.4 Å². The summed E-state index contributed by atoms with van der Waals surface area (Å²) < 4.78 is 15.7. The Balaban J connectivity index is 2.24. The molecule has 0 saturated heterocycles. The molecule has 0 radical (unpaired) electrons. The van der Waals surface area contributed by atoms with Gasteiger partial charge >= 0.3 is 17.7 Å². The van der Waals surface area contributed by atoms with Gasteiger partial charge in [-0.3, -0.25) is 0 Å². The third-order valence-corrected chi connectivity index (χ3v) is 4.15. The first-order valence-electron chi connectivity index (χ1n) is 9.01. The zero-order chi connectivity index (χ0) is 21.1. The monoisotopic (exact) mass is 409 g/mol. The number of esters is 1. The zero-order valence-electron chi connectivity index (χ0n) is 16.6. The molecule has 1 aromatic heterocycles. The number of hydrogen-bond donors (Lipinski definition) is 1. The molecule has 2 aromatic rings. The highest BCUT2D eigenvalue weighted by atomic mass is 35.5. The predicted octanol–water partition coefficient (Wildman–Crippen LogP) is 4.22. The molecule has 0 unspecified atom stereocenters. The summed E-state index contributed by atoms with van der Waals surface area (Å²) in [7, 11) is 0. The van der Waals surface area contributed by atoms with E-state index in [1.807, 2.05) is 6.92 Å². The molecule has 1 aromatic carbocycles. The molecule has 152 valence electrons. The minimum Gasteiger partial charge on any atom is -0.444 e. The highest BCUT2D eigenvalue weighted by molar-refractivity contribution is 6.33. The maximum absolute atomic E-state index is 12.5. The molecule has 1 heterocycles. The fourth-order valence-electron chi connectivity index (χ4n) is 2.56. The molecule has 0 aliphatic heterocycles. The number of rotatable bonds is 5. The molecular weight excluding hydrogens is 386 g/mol. The van der Waals surface area contributed by atoms with Gasteiger partial charge in [0, 0.05) is 17.5 Å². The topological polar surface area (TPSA) is 94.8 Å². The first kappa shape index (κ1) is 21.8. The molecule has 1 atom stereocenters. The molecular formula is C20H24ClNO6. The van der Waals surface area contributed by atoms with Gasteiger partial charge < -0.3 is 19.2 Å². The minimum atomic E-state index is -0.921. The molecule has 0 fully saturated rings. The summed E-state index contributed by atoms with van der Waals surface area (Å²) in [4.78, 5) is 36.1. The van der Waals surface area contributed by atoms with Crippen molar-refractivity contribution in [2.75, 3.05) is 0 Å². The van der Waals surface area contributed by atoms with Crippen molar-refractivity contribution < 1.29 is 23.5 Å². The van der Waals surface area contributed by atoms with Crippen LogP contribution in [-0.4, -0.2) is 23.7 Å². The number of nitrogens with one attached hydrogen (secondary N) is 1. The van der Waals surface area contributed by atoms with Gasteiger partial charge in [-0.15, -0.1) is 0 Å². The third kappa shape index (κ3) is 5.48. The van der Waals surface area contributed by atoms with E-state index in [-0.39, 0.29) is 16.4 Å². The van der Waals surface area contributed by atoms with Crippen LogP contribution in [0.5, 0.6) is 5.75 Å². The Kier molecular flexibility index (Phi) is 6.72. The molecule has 1 amide bonds. The Morgan fingerprint density at radius 1 is 1.21 bits per heavy atom. The van der Waals surface area contributed by atoms with Crippen LogP contribution in [0.25, 0.3) is 11.0 Å². The number of carbonyl (C=O) groups is 2. The molecule has 0 aliphatic rings. The summed E-state index contributed by atoms with van der Waals surface area (Å²) in [5, 5.41) is 3.34. The van der Waals surface area contributed by atoms with Crippen LogP contribution in [0, 0.1) is 0 Å². The van der Waals surface area contributed by atoms with Crippen molar-refractivity contribution >= 4 is 34.6 Å². The number of fused-ring (bicyclic) bond motifs is 1. The van der Waals surface area contributed by atoms with Crippen LogP contribution in [0.2, 0.25) is 5.02 Å². The molecule has 7 nitrogen and oxygen atoms in total. The molecule has 0 bridgehead atoms. The van der Waals surface area contributed by atoms with E-state index in [9.17, 15) is 14.4 Å². The number of halogens is 1. The van der Waals surface area contributed by atoms with Gasteiger partial charge in [0.25, 0.3) is 0 Å². The van der Waals surface area contributed by atoms with E-state index in [1.54, 1.807) is 33.8 Å². The highest BCUT2D eigenvalue weighted by Crippen LogP contribution is 2.31. The van der Waals surface area contributed by atoms with Crippen molar-refractivity contribution in [3.8, 4) is 5.75 Å². The van der Waals surface area contributed by atoms with Gasteiger partial charge in [0.1, 0.15) is 17.2 Å². The van der Waals surface area contributed by atoms with Crippen LogP contribution in [0.3, 0.4) is 0 Å². The Morgan fingerprint density at radius 3 is 2.46 bits per heavy atom. The first-order chi connectivity index (χ1) is 13.0. The van der Waals surface area contributed by atoms with Gasteiger partial charge in [-0.2, -0.15) is 0 Å². The summed E-state index contributed by atoms with van der Waals surface area (Å²) in [6.07, 6.45) is 0.188. The maximum Gasteiger partial charge on any atom is 0.408 e. The second-order valence-corrected chi connectivity index (χ2v) is 7.66. The molecule has 1 N–H and O–H groups in total. The number of alkyl carbamates (subject to hydrolysis) is 1. The van der Waals surface area contributed by atoms with E-state index in [0.717, 1.165) is 5.56 Å². The second-order valence-electron chi connectivity index (χ2n) is 7.25. The van der Waals surface area contributed by atoms with Crippen LogP contribution < -0.4 is 15.7 Å². The zero-order valence-corrected chi connectivity index (χ0v) is 17.3.